The van der Waals surface area contributed by atoms with Crippen LogP contribution in [0.2, 0.25) is 0 Å². The van der Waals surface area contributed by atoms with Crippen LogP contribution >= 0.6 is 0 Å². The van der Waals surface area contributed by atoms with Gasteiger partial charge >= 0.3 is 0 Å². The first kappa shape index (κ1) is 22.7. The summed E-state index contributed by atoms with van der Waals surface area (Å²) in [5.41, 5.74) is 5.52. The lowest BCUT2D eigenvalue weighted by Gasteiger charge is -2.30. The Labute approximate surface area is 175 Å². The van der Waals surface area contributed by atoms with Crippen molar-refractivity contribution in [2.24, 2.45) is 0 Å². The highest BCUT2D eigenvalue weighted by Gasteiger charge is 2.26. The predicted octanol–water partition coefficient (Wildman–Crippen LogP) is 4.49. The Hall–Kier alpha value is -2.62. The van der Waals surface area contributed by atoms with E-state index in [0.29, 0.717) is 6.54 Å². The second kappa shape index (κ2) is 10.2. The lowest BCUT2D eigenvalue weighted by Crippen LogP contribution is -2.49. The van der Waals surface area contributed by atoms with E-state index in [1.165, 1.54) is 11.1 Å². The number of rotatable bonds is 8. The van der Waals surface area contributed by atoms with Crippen molar-refractivity contribution in [2.75, 3.05) is 0 Å². The number of aryl methyl sites for hydroxylation is 3. The molecule has 156 valence electrons. The normalized spacial score (nSPS) is 12.9. The number of nitrogens with zero attached hydrogens (tertiary/aromatic N) is 1. The summed E-state index contributed by atoms with van der Waals surface area (Å²) in [5, 5.41) is 3.01. The van der Waals surface area contributed by atoms with E-state index >= 15 is 0 Å². The summed E-state index contributed by atoms with van der Waals surface area (Å²) in [5.74, 6) is -0.151. The average molecular weight is 395 g/mol. The van der Waals surface area contributed by atoms with Gasteiger partial charge in [0, 0.05) is 12.6 Å². The zero-order valence-corrected chi connectivity index (χ0v) is 18.6. The first-order valence-electron chi connectivity index (χ1n) is 10.4. The minimum absolute atomic E-state index is 0.0402. The number of hydrogen-bond donors (Lipinski definition) is 1. The molecule has 0 saturated carbocycles. The summed E-state index contributed by atoms with van der Waals surface area (Å²) in [6.07, 6.45) is 1.14. The molecule has 4 nitrogen and oxygen atoms in total. The fourth-order valence-corrected chi connectivity index (χ4v) is 3.24. The predicted molar refractivity (Wildman–Crippen MR) is 119 cm³/mol. The maximum Gasteiger partial charge on any atom is 0.242 e. The van der Waals surface area contributed by atoms with Crippen molar-refractivity contribution in [2.45, 2.75) is 73.0 Å². The van der Waals surface area contributed by atoms with E-state index in [4.69, 9.17) is 0 Å². The van der Waals surface area contributed by atoms with Crippen molar-refractivity contribution in [1.29, 1.82) is 0 Å². The molecule has 4 heteroatoms. The van der Waals surface area contributed by atoms with Crippen LogP contribution in [-0.2, 0) is 22.6 Å². The van der Waals surface area contributed by atoms with Crippen molar-refractivity contribution in [3.8, 4) is 0 Å². The van der Waals surface area contributed by atoms with Gasteiger partial charge in [0.15, 0.2) is 0 Å². The Bertz CT molecular complexity index is 860. The summed E-state index contributed by atoms with van der Waals surface area (Å²) in [4.78, 5) is 27.7. The van der Waals surface area contributed by atoms with Crippen LogP contribution in [0, 0.1) is 20.8 Å². The van der Waals surface area contributed by atoms with E-state index in [-0.39, 0.29) is 24.3 Å². The van der Waals surface area contributed by atoms with Gasteiger partial charge in [0.1, 0.15) is 6.04 Å². The Morgan fingerprint density at radius 1 is 0.966 bits per heavy atom. The summed E-state index contributed by atoms with van der Waals surface area (Å²) in [6, 6.07) is 13.7. The van der Waals surface area contributed by atoms with Crippen molar-refractivity contribution in [3.05, 3.63) is 70.3 Å². The Kier molecular flexibility index (Phi) is 8.00. The Balaban J connectivity index is 2.25. The molecular formula is C25H34N2O2. The number of carbonyl (C=O) groups is 2. The topological polar surface area (TPSA) is 49.4 Å². The van der Waals surface area contributed by atoms with E-state index in [1.807, 2.05) is 58.0 Å². The average Bonchev–Trinajstić information content (AvgIpc) is 2.68. The van der Waals surface area contributed by atoms with Crippen LogP contribution in [0.25, 0.3) is 0 Å². The fourth-order valence-electron chi connectivity index (χ4n) is 3.24. The number of hydrogen-bond acceptors (Lipinski definition) is 2. The summed E-state index contributed by atoms with van der Waals surface area (Å²) in [7, 11) is 0. The molecule has 0 radical (unpaired) electrons. The van der Waals surface area contributed by atoms with Gasteiger partial charge in [-0.05, 0) is 63.3 Å². The van der Waals surface area contributed by atoms with Crippen LogP contribution in [0.4, 0.5) is 0 Å². The number of benzene rings is 2. The SMILES string of the molecule is CC[C@@H](C)NC(=O)[C@@H](C)N(Cc1cccc(C)c1)C(=O)Cc1ccc(C)c(C)c1. The highest BCUT2D eigenvalue weighted by molar-refractivity contribution is 5.88. The van der Waals surface area contributed by atoms with Crippen LogP contribution in [0.15, 0.2) is 42.5 Å². The zero-order valence-electron chi connectivity index (χ0n) is 18.6. The van der Waals surface area contributed by atoms with Gasteiger partial charge in [-0.1, -0.05) is 55.0 Å². The van der Waals surface area contributed by atoms with Gasteiger partial charge in [0.05, 0.1) is 6.42 Å². The molecule has 0 unspecified atom stereocenters. The van der Waals surface area contributed by atoms with Crippen LogP contribution < -0.4 is 5.32 Å². The summed E-state index contributed by atoms with van der Waals surface area (Å²) in [6.45, 7) is 12.4. The third-order valence-corrected chi connectivity index (χ3v) is 5.53. The first-order valence-corrected chi connectivity index (χ1v) is 10.4. The highest BCUT2D eigenvalue weighted by atomic mass is 16.2. The van der Waals surface area contributed by atoms with Crippen molar-refractivity contribution in [1.82, 2.24) is 10.2 Å². The molecule has 1 N–H and O–H groups in total. The summed E-state index contributed by atoms with van der Waals surface area (Å²) < 4.78 is 0. The van der Waals surface area contributed by atoms with Gasteiger partial charge in [0.25, 0.3) is 0 Å². The number of carbonyl (C=O) groups excluding carboxylic acids is 2. The molecule has 0 aromatic heterocycles. The standard InChI is InChI=1S/C25H34N2O2/c1-7-20(5)26-25(29)21(6)27(16-23-10-8-9-17(2)13-23)24(28)15-22-12-11-18(3)19(4)14-22/h8-14,20-21H,7,15-16H2,1-6H3,(H,26,29)/t20-,21-/m1/s1. The second-order valence-electron chi connectivity index (χ2n) is 8.10. The Morgan fingerprint density at radius 2 is 1.69 bits per heavy atom. The molecule has 0 bridgehead atoms. The molecule has 0 heterocycles. The third-order valence-electron chi connectivity index (χ3n) is 5.53. The lowest BCUT2D eigenvalue weighted by molar-refractivity contribution is -0.140. The molecule has 2 aromatic carbocycles. The van der Waals surface area contributed by atoms with E-state index in [2.05, 4.69) is 31.3 Å². The smallest absolute Gasteiger partial charge is 0.242 e. The molecule has 0 saturated heterocycles. The van der Waals surface area contributed by atoms with E-state index in [1.54, 1.807) is 4.90 Å². The molecule has 2 atom stereocenters. The number of nitrogens with one attached hydrogen (secondary N) is 1. The quantitative estimate of drug-likeness (QED) is 0.717. The largest absolute Gasteiger partial charge is 0.352 e. The first-order chi connectivity index (χ1) is 13.7. The highest BCUT2D eigenvalue weighted by Crippen LogP contribution is 2.16. The van der Waals surface area contributed by atoms with E-state index in [0.717, 1.165) is 23.1 Å². The van der Waals surface area contributed by atoms with Gasteiger partial charge in [0.2, 0.25) is 11.8 Å². The van der Waals surface area contributed by atoms with E-state index in [9.17, 15) is 9.59 Å². The van der Waals surface area contributed by atoms with Crippen LogP contribution in [0.3, 0.4) is 0 Å². The molecule has 0 aliphatic heterocycles. The van der Waals surface area contributed by atoms with Crippen LogP contribution in [0.5, 0.6) is 0 Å². The molecule has 2 rings (SSSR count). The van der Waals surface area contributed by atoms with Gasteiger partial charge in [-0.25, -0.2) is 0 Å². The minimum atomic E-state index is -0.538. The van der Waals surface area contributed by atoms with Crippen molar-refractivity contribution < 1.29 is 9.59 Å². The third kappa shape index (κ3) is 6.45. The lowest BCUT2D eigenvalue weighted by atomic mass is 10.0. The maximum absolute atomic E-state index is 13.2. The van der Waals surface area contributed by atoms with Gasteiger partial charge in [-0.2, -0.15) is 0 Å². The molecule has 2 aromatic rings. The molecule has 0 aliphatic carbocycles. The number of amides is 2. The van der Waals surface area contributed by atoms with Gasteiger partial charge in [-0.3, -0.25) is 9.59 Å². The monoisotopic (exact) mass is 394 g/mol. The minimum Gasteiger partial charge on any atom is -0.352 e. The van der Waals surface area contributed by atoms with Crippen LogP contribution in [-0.4, -0.2) is 28.8 Å². The molecule has 0 fully saturated rings. The van der Waals surface area contributed by atoms with Crippen molar-refractivity contribution in [3.63, 3.8) is 0 Å². The molecule has 2 amide bonds. The Morgan fingerprint density at radius 3 is 2.31 bits per heavy atom. The molecule has 29 heavy (non-hydrogen) atoms. The fraction of sp³-hybridized carbons (Fsp3) is 0.440. The molecule has 0 aliphatic rings. The zero-order chi connectivity index (χ0) is 21.6. The van der Waals surface area contributed by atoms with Crippen LogP contribution in [0.1, 0.15) is 55.0 Å². The van der Waals surface area contributed by atoms with Gasteiger partial charge < -0.3 is 10.2 Å². The molecule has 0 spiro atoms. The van der Waals surface area contributed by atoms with E-state index < -0.39 is 6.04 Å². The maximum atomic E-state index is 13.2. The molecular weight excluding hydrogens is 360 g/mol. The summed E-state index contributed by atoms with van der Waals surface area (Å²) >= 11 is 0. The second-order valence-corrected chi connectivity index (χ2v) is 8.10. The van der Waals surface area contributed by atoms with Gasteiger partial charge in [-0.15, -0.1) is 0 Å². The van der Waals surface area contributed by atoms with Crippen molar-refractivity contribution >= 4 is 11.8 Å².